The molecule has 1 aromatic heterocycles. The molecule has 118 valence electrons. The van der Waals surface area contributed by atoms with E-state index in [0.29, 0.717) is 17.8 Å². The van der Waals surface area contributed by atoms with Gasteiger partial charge in [0.25, 0.3) is 5.91 Å². The molecule has 4 nitrogen and oxygen atoms in total. The molecule has 0 fully saturated rings. The fourth-order valence-electron chi connectivity index (χ4n) is 2.05. The van der Waals surface area contributed by atoms with Crippen molar-refractivity contribution in [3.05, 3.63) is 53.3 Å². The summed E-state index contributed by atoms with van der Waals surface area (Å²) in [6, 6.07) is 6.48. The van der Waals surface area contributed by atoms with Crippen LogP contribution in [0.5, 0.6) is 0 Å². The van der Waals surface area contributed by atoms with E-state index in [1.54, 1.807) is 16.8 Å². The molecule has 7 heteroatoms. The summed E-state index contributed by atoms with van der Waals surface area (Å²) in [5, 5.41) is 6.65. The molecule has 1 amide bonds. The lowest BCUT2D eigenvalue weighted by Crippen LogP contribution is -2.26. The van der Waals surface area contributed by atoms with Gasteiger partial charge in [0.15, 0.2) is 0 Å². The molecule has 0 radical (unpaired) electrons. The predicted molar refractivity (Wildman–Crippen MR) is 75.1 cm³/mol. The maximum absolute atomic E-state index is 12.6. The van der Waals surface area contributed by atoms with Crippen molar-refractivity contribution >= 4 is 5.91 Å². The van der Waals surface area contributed by atoms with Crippen molar-refractivity contribution in [1.82, 2.24) is 15.1 Å². The number of carbonyl (C=O) groups excluding carboxylic acids is 1. The van der Waals surface area contributed by atoms with Crippen LogP contribution in [0.4, 0.5) is 13.2 Å². The van der Waals surface area contributed by atoms with Gasteiger partial charge in [0.1, 0.15) is 5.69 Å². The number of aromatic nitrogens is 2. The molecule has 0 aliphatic rings. The van der Waals surface area contributed by atoms with Gasteiger partial charge in [-0.15, -0.1) is 0 Å². The number of benzene rings is 1. The minimum atomic E-state index is -4.39. The maximum Gasteiger partial charge on any atom is 0.416 e. The number of nitrogens with zero attached hydrogens (tertiary/aromatic N) is 2. The second-order valence-corrected chi connectivity index (χ2v) is 4.82. The second-order valence-electron chi connectivity index (χ2n) is 4.82. The number of carbonyl (C=O) groups is 1. The number of halogens is 3. The van der Waals surface area contributed by atoms with Crippen LogP contribution in [0, 0.1) is 0 Å². The van der Waals surface area contributed by atoms with Gasteiger partial charge in [-0.25, -0.2) is 0 Å². The van der Waals surface area contributed by atoms with E-state index >= 15 is 0 Å². The van der Waals surface area contributed by atoms with Crippen molar-refractivity contribution in [2.24, 2.45) is 0 Å². The summed E-state index contributed by atoms with van der Waals surface area (Å²) in [5.41, 5.74) is 0.0637. The summed E-state index contributed by atoms with van der Waals surface area (Å²) in [7, 11) is 0. The van der Waals surface area contributed by atoms with E-state index in [1.165, 1.54) is 12.3 Å². The van der Waals surface area contributed by atoms with Gasteiger partial charge < -0.3 is 5.32 Å². The van der Waals surface area contributed by atoms with Crippen molar-refractivity contribution in [3.8, 4) is 0 Å². The van der Waals surface area contributed by atoms with Gasteiger partial charge in [0.05, 0.1) is 5.56 Å². The highest BCUT2D eigenvalue weighted by molar-refractivity contribution is 5.92. The van der Waals surface area contributed by atoms with Crippen molar-refractivity contribution in [2.75, 3.05) is 0 Å². The highest BCUT2D eigenvalue weighted by atomic mass is 19.4. The summed E-state index contributed by atoms with van der Waals surface area (Å²) in [5.74, 6) is -0.358. The Morgan fingerprint density at radius 1 is 1.32 bits per heavy atom. The topological polar surface area (TPSA) is 46.9 Å². The van der Waals surface area contributed by atoms with Gasteiger partial charge >= 0.3 is 6.18 Å². The molecule has 0 saturated heterocycles. The SMILES string of the molecule is CCCn1nccc1C(=O)NCc1cccc(C(F)(F)F)c1. The Morgan fingerprint density at radius 3 is 2.77 bits per heavy atom. The first-order chi connectivity index (χ1) is 10.4. The third-order valence-corrected chi connectivity index (χ3v) is 3.09. The summed E-state index contributed by atoms with van der Waals surface area (Å²) in [6.07, 6.45) is -2.04. The first-order valence-electron chi connectivity index (χ1n) is 6.88. The Morgan fingerprint density at radius 2 is 2.09 bits per heavy atom. The smallest absolute Gasteiger partial charge is 0.347 e. The molecular formula is C15H16F3N3O. The van der Waals surface area contributed by atoms with E-state index in [2.05, 4.69) is 10.4 Å². The van der Waals surface area contributed by atoms with Gasteiger partial charge in [0.2, 0.25) is 0 Å². The van der Waals surface area contributed by atoms with Gasteiger partial charge in [0, 0.05) is 19.3 Å². The molecule has 0 saturated carbocycles. The standard InChI is InChI=1S/C15H16F3N3O/c1-2-8-21-13(6-7-20-21)14(22)19-10-11-4-3-5-12(9-11)15(16,17)18/h3-7,9H,2,8,10H2,1H3,(H,19,22). The molecule has 22 heavy (non-hydrogen) atoms. The lowest BCUT2D eigenvalue weighted by atomic mass is 10.1. The van der Waals surface area contributed by atoms with Gasteiger partial charge in [-0.3, -0.25) is 9.48 Å². The van der Waals surface area contributed by atoms with E-state index in [1.807, 2.05) is 6.92 Å². The molecule has 0 aliphatic heterocycles. The summed E-state index contributed by atoms with van der Waals surface area (Å²) in [4.78, 5) is 12.1. The van der Waals surface area contributed by atoms with Crippen LogP contribution in [0.1, 0.15) is 35.0 Å². The number of alkyl halides is 3. The lowest BCUT2D eigenvalue weighted by Gasteiger charge is -2.10. The zero-order valence-corrected chi connectivity index (χ0v) is 12.0. The largest absolute Gasteiger partial charge is 0.416 e. The van der Waals surface area contributed by atoms with Crippen LogP contribution >= 0.6 is 0 Å². The van der Waals surface area contributed by atoms with Crippen molar-refractivity contribution in [2.45, 2.75) is 32.6 Å². The van der Waals surface area contributed by atoms with Gasteiger partial charge in [-0.2, -0.15) is 18.3 Å². The quantitative estimate of drug-likeness (QED) is 0.921. The fourth-order valence-corrected chi connectivity index (χ4v) is 2.05. The van der Waals surface area contributed by atoms with E-state index in [0.717, 1.165) is 18.6 Å². The van der Waals surface area contributed by atoms with Crippen molar-refractivity contribution in [1.29, 1.82) is 0 Å². The summed E-state index contributed by atoms with van der Waals surface area (Å²) in [6.45, 7) is 2.60. The molecule has 0 atom stereocenters. The molecule has 0 spiro atoms. The van der Waals surface area contributed by atoms with E-state index in [4.69, 9.17) is 0 Å². The Labute approximate surface area is 125 Å². The third kappa shape index (κ3) is 3.87. The number of amides is 1. The van der Waals surface area contributed by atoms with Crippen molar-refractivity contribution in [3.63, 3.8) is 0 Å². The molecule has 0 unspecified atom stereocenters. The molecule has 2 aromatic rings. The van der Waals surface area contributed by atoms with Gasteiger partial charge in [-0.05, 0) is 30.2 Å². The Kier molecular flexibility index (Phi) is 4.85. The molecular weight excluding hydrogens is 295 g/mol. The van der Waals surface area contributed by atoms with E-state index < -0.39 is 11.7 Å². The Bertz CT molecular complexity index is 649. The first-order valence-corrected chi connectivity index (χ1v) is 6.88. The number of hydrogen-bond donors (Lipinski definition) is 1. The second kappa shape index (κ2) is 6.64. The highest BCUT2D eigenvalue weighted by Crippen LogP contribution is 2.29. The summed E-state index contributed by atoms with van der Waals surface area (Å²) < 4.78 is 39.5. The molecule has 2 rings (SSSR count). The molecule has 1 aromatic carbocycles. The molecule has 0 aliphatic carbocycles. The fraction of sp³-hybridized carbons (Fsp3) is 0.333. The van der Waals surface area contributed by atoms with Crippen LogP contribution in [0.2, 0.25) is 0 Å². The van der Waals surface area contributed by atoms with Crippen molar-refractivity contribution < 1.29 is 18.0 Å². The average molecular weight is 311 g/mol. The molecule has 1 heterocycles. The number of rotatable bonds is 5. The number of aryl methyl sites for hydroxylation is 1. The minimum Gasteiger partial charge on any atom is -0.347 e. The minimum absolute atomic E-state index is 0.0278. The maximum atomic E-state index is 12.6. The average Bonchev–Trinajstić information content (AvgIpc) is 2.93. The van der Waals surface area contributed by atoms with E-state index in [9.17, 15) is 18.0 Å². The van der Waals surface area contributed by atoms with E-state index in [-0.39, 0.29) is 12.5 Å². The monoisotopic (exact) mass is 311 g/mol. The normalized spacial score (nSPS) is 11.5. The van der Waals surface area contributed by atoms with Crippen LogP contribution in [-0.2, 0) is 19.3 Å². The van der Waals surface area contributed by atoms with Crippen LogP contribution in [0.15, 0.2) is 36.5 Å². The lowest BCUT2D eigenvalue weighted by molar-refractivity contribution is -0.137. The van der Waals surface area contributed by atoms with Crippen LogP contribution in [0.3, 0.4) is 0 Å². The zero-order valence-electron chi connectivity index (χ0n) is 12.0. The number of nitrogens with one attached hydrogen (secondary N) is 1. The highest BCUT2D eigenvalue weighted by Gasteiger charge is 2.30. The Hall–Kier alpha value is -2.31. The zero-order chi connectivity index (χ0) is 16.2. The summed E-state index contributed by atoms with van der Waals surface area (Å²) >= 11 is 0. The predicted octanol–water partition coefficient (Wildman–Crippen LogP) is 3.24. The Balaban J connectivity index is 2.04. The van der Waals surface area contributed by atoms with Crippen LogP contribution in [-0.4, -0.2) is 15.7 Å². The molecule has 0 bridgehead atoms. The molecule has 1 N–H and O–H groups in total. The first kappa shape index (κ1) is 16.1. The van der Waals surface area contributed by atoms with Crippen LogP contribution < -0.4 is 5.32 Å². The van der Waals surface area contributed by atoms with Gasteiger partial charge in [-0.1, -0.05) is 19.1 Å². The third-order valence-electron chi connectivity index (χ3n) is 3.09. The number of hydrogen-bond acceptors (Lipinski definition) is 2. The van der Waals surface area contributed by atoms with Crippen LogP contribution in [0.25, 0.3) is 0 Å².